The normalized spacial score (nSPS) is 10.2. The third-order valence-corrected chi connectivity index (χ3v) is 3.23. The number of alkyl halides is 1. The van der Waals surface area contributed by atoms with Crippen molar-refractivity contribution in [3.63, 3.8) is 0 Å². The maximum Gasteiger partial charge on any atom is 0.147 e. The van der Waals surface area contributed by atoms with Crippen molar-refractivity contribution in [2.45, 2.75) is 11.3 Å². The number of hydrogen-bond donors (Lipinski definition) is 0. The molecule has 76 valence electrons. The maximum absolute atomic E-state index is 12.8. The Labute approximate surface area is 95.2 Å². The van der Waals surface area contributed by atoms with E-state index in [1.165, 1.54) is 23.9 Å². The van der Waals surface area contributed by atoms with Crippen LogP contribution in [-0.4, -0.2) is 17.4 Å². The van der Waals surface area contributed by atoms with Crippen molar-refractivity contribution >= 4 is 33.5 Å². The number of carbonyl (C=O) groups is 1. The standard InChI is InChI=1S/C10H10BrFOS/c1-14-10-5-8(12)3-2-7(10)4-9(13)6-11/h2-3,5H,4,6H2,1H3. The molecular weight excluding hydrogens is 267 g/mol. The predicted molar refractivity (Wildman–Crippen MR) is 60.7 cm³/mol. The fraction of sp³-hybridized carbons (Fsp3) is 0.300. The number of benzene rings is 1. The summed E-state index contributed by atoms with van der Waals surface area (Å²) in [6.07, 6.45) is 2.23. The van der Waals surface area contributed by atoms with Gasteiger partial charge in [0.15, 0.2) is 0 Å². The summed E-state index contributed by atoms with van der Waals surface area (Å²) in [6.45, 7) is 0. The van der Waals surface area contributed by atoms with Crippen molar-refractivity contribution in [2.24, 2.45) is 0 Å². The lowest BCUT2D eigenvalue weighted by Gasteiger charge is -2.05. The van der Waals surface area contributed by atoms with Crippen LogP contribution in [0.5, 0.6) is 0 Å². The molecule has 0 unspecified atom stereocenters. The third-order valence-electron chi connectivity index (χ3n) is 1.79. The van der Waals surface area contributed by atoms with Gasteiger partial charge in [-0.2, -0.15) is 0 Å². The molecule has 0 aliphatic rings. The first-order valence-corrected chi connectivity index (χ1v) is 6.42. The van der Waals surface area contributed by atoms with E-state index in [1.807, 2.05) is 6.26 Å². The molecule has 1 aromatic carbocycles. The molecule has 0 aliphatic heterocycles. The van der Waals surface area contributed by atoms with Gasteiger partial charge in [-0.3, -0.25) is 4.79 Å². The Hall–Kier alpha value is -0.350. The minimum Gasteiger partial charge on any atom is -0.298 e. The maximum atomic E-state index is 12.8. The topological polar surface area (TPSA) is 17.1 Å². The van der Waals surface area contributed by atoms with E-state index >= 15 is 0 Å². The molecule has 0 bridgehead atoms. The minimum atomic E-state index is -0.260. The summed E-state index contributed by atoms with van der Waals surface area (Å²) >= 11 is 4.56. The Morgan fingerprint density at radius 1 is 1.57 bits per heavy atom. The zero-order valence-electron chi connectivity index (χ0n) is 7.72. The van der Waals surface area contributed by atoms with Gasteiger partial charge in [-0.05, 0) is 24.0 Å². The molecule has 0 aromatic heterocycles. The number of halogens is 2. The van der Waals surface area contributed by atoms with Gasteiger partial charge in [0.25, 0.3) is 0 Å². The lowest BCUT2D eigenvalue weighted by Crippen LogP contribution is -2.04. The van der Waals surface area contributed by atoms with Crippen molar-refractivity contribution in [1.29, 1.82) is 0 Å². The second-order valence-electron chi connectivity index (χ2n) is 2.81. The summed E-state index contributed by atoms with van der Waals surface area (Å²) < 4.78 is 12.8. The van der Waals surface area contributed by atoms with E-state index in [-0.39, 0.29) is 11.6 Å². The fourth-order valence-corrected chi connectivity index (χ4v) is 1.96. The van der Waals surface area contributed by atoms with Gasteiger partial charge < -0.3 is 0 Å². The van der Waals surface area contributed by atoms with Crippen molar-refractivity contribution in [3.05, 3.63) is 29.6 Å². The molecule has 0 amide bonds. The third kappa shape index (κ3) is 3.10. The van der Waals surface area contributed by atoms with Crippen LogP contribution in [0.4, 0.5) is 4.39 Å². The second-order valence-corrected chi connectivity index (χ2v) is 4.21. The highest BCUT2D eigenvalue weighted by Crippen LogP contribution is 2.22. The summed E-state index contributed by atoms with van der Waals surface area (Å²) in [5.41, 5.74) is 0.892. The van der Waals surface area contributed by atoms with E-state index in [0.29, 0.717) is 11.8 Å². The number of hydrogen-bond acceptors (Lipinski definition) is 2. The van der Waals surface area contributed by atoms with Gasteiger partial charge >= 0.3 is 0 Å². The number of rotatable bonds is 4. The molecule has 0 atom stereocenters. The number of thioether (sulfide) groups is 1. The van der Waals surface area contributed by atoms with Crippen LogP contribution >= 0.6 is 27.7 Å². The average Bonchev–Trinajstić information content (AvgIpc) is 2.20. The highest BCUT2D eigenvalue weighted by atomic mass is 79.9. The number of Topliss-reactive ketones (excluding diaryl/α,β-unsaturated/α-hetero) is 1. The van der Waals surface area contributed by atoms with Gasteiger partial charge in [0.05, 0.1) is 5.33 Å². The quantitative estimate of drug-likeness (QED) is 0.621. The molecule has 0 radical (unpaired) electrons. The fourth-order valence-electron chi connectivity index (χ4n) is 1.12. The van der Waals surface area contributed by atoms with Crippen LogP contribution in [0.3, 0.4) is 0 Å². The monoisotopic (exact) mass is 276 g/mol. The van der Waals surface area contributed by atoms with Gasteiger partial charge in [-0.25, -0.2) is 4.39 Å². The van der Waals surface area contributed by atoms with E-state index < -0.39 is 0 Å². The first kappa shape index (κ1) is 11.7. The Morgan fingerprint density at radius 2 is 2.29 bits per heavy atom. The summed E-state index contributed by atoms with van der Waals surface area (Å²) in [5.74, 6) is -0.156. The number of carbonyl (C=O) groups excluding carboxylic acids is 1. The molecule has 0 spiro atoms. The van der Waals surface area contributed by atoms with Crippen molar-refractivity contribution in [2.75, 3.05) is 11.6 Å². The van der Waals surface area contributed by atoms with Crippen molar-refractivity contribution < 1.29 is 9.18 Å². The zero-order valence-corrected chi connectivity index (χ0v) is 10.1. The molecule has 1 rings (SSSR count). The lowest BCUT2D eigenvalue weighted by molar-refractivity contribution is -0.115. The van der Waals surface area contributed by atoms with Crippen LogP contribution in [0.25, 0.3) is 0 Å². The first-order valence-electron chi connectivity index (χ1n) is 4.07. The highest BCUT2D eigenvalue weighted by Gasteiger charge is 2.07. The van der Waals surface area contributed by atoms with E-state index in [2.05, 4.69) is 15.9 Å². The lowest BCUT2D eigenvalue weighted by atomic mass is 10.1. The number of ketones is 1. The van der Waals surface area contributed by atoms with E-state index in [1.54, 1.807) is 6.07 Å². The summed E-state index contributed by atoms with van der Waals surface area (Å²) in [5, 5.41) is 0.345. The summed E-state index contributed by atoms with van der Waals surface area (Å²) in [4.78, 5) is 12.0. The van der Waals surface area contributed by atoms with Crippen LogP contribution < -0.4 is 0 Å². The smallest absolute Gasteiger partial charge is 0.147 e. The molecule has 0 saturated heterocycles. The van der Waals surface area contributed by atoms with Gasteiger partial charge in [0.1, 0.15) is 11.6 Å². The van der Waals surface area contributed by atoms with E-state index in [9.17, 15) is 9.18 Å². The molecule has 1 nitrogen and oxygen atoms in total. The van der Waals surface area contributed by atoms with Crippen molar-refractivity contribution in [1.82, 2.24) is 0 Å². The molecule has 1 aromatic rings. The zero-order chi connectivity index (χ0) is 10.6. The predicted octanol–water partition coefficient (Wildman–Crippen LogP) is 3.05. The second kappa shape index (κ2) is 5.51. The Balaban J connectivity index is 2.90. The van der Waals surface area contributed by atoms with Crippen LogP contribution in [0.2, 0.25) is 0 Å². The highest BCUT2D eigenvalue weighted by molar-refractivity contribution is 9.09. The molecule has 0 fully saturated rings. The Morgan fingerprint density at radius 3 is 2.86 bits per heavy atom. The molecule has 0 aliphatic carbocycles. The van der Waals surface area contributed by atoms with Gasteiger partial charge in [0, 0.05) is 11.3 Å². The largest absolute Gasteiger partial charge is 0.298 e. The molecule has 0 heterocycles. The van der Waals surface area contributed by atoms with Crippen LogP contribution in [0.15, 0.2) is 23.1 Å². The van der Waals surface area contributed by atoms with E-state index in [0.717, 1.165) is 10.5 Å². The van der Waals surface area contributed by atoms with Crippen LogP contribution in [-0.2, 0) is 11.2 Å². The van der Waals surface area contributed by atoms with Crippen LogP contribution in [0, 0.1) is 5.82 Å². The summed E-state index contributed by atoms with van der Waals surface area (Å²) in [7, 11) is 0. The van der Waals surface area contributed by atoms with Crippen molar-refractivity contribution in [3.8, 4) is 0 Å². The Bertz CT molecular complexity index is 341. The molecule has 4 heteroatoms. The summed E-state index contributed by atoms with van der Waals surface area (Å²) in [6, 6.07) is 4.51. The van der Waals surface area contributed by atoms with Gasteiger partial charge in [-0.15, -0.1) is 11.8 Å². The molecule has 0 N–H and O–H groups in total. The van der Waals surface area contributed by atoms with Crippen LogP contribution in [0.1, 0.15) is 5.56 Å². The Kier molecular flexibility index (Phi) is 4.62. The molecule has 0 saturated carbocycles. The SMILES string of the molecule is CSc1cc(F)ccc1CC(=O)CBr. The molecule has 14 heavy (non-hydrogen) atoms. The minimum absolute atomic E-state index is 0.104. The van der Waals surface area contributed by atoms with E-state index in [4.69, 9.17) is 0 Å². The first-order chi connectivity index (χ1) is 6.67. The molecular formula is C10H10BrFOS. The van der Waals surface area contributed by atoms with Gasteiger partial charge in [-0.1, -0.05) is 22.0 Å². The van der Waals surface area contributed by atoms with Gasteiger partial charge in [0.2, 0.25) is 0 Å². The average molecular weight is 277 g/mol.